The van der Waals surface area contributed by atoms with Gasteiger partial charge in [-0.2, -0.15) is 0 Å². The van der Waals surface area contributed by atoms with Crippen LogP contribution in [0, 0.1) is 5.92 Å². The van der Waals surface area contributed by atoms with E-state index in [1.54, 1.807) is 0 Å². The molecule has 3 atom stereocenters. The Labute approximate surface area is 115 Å². The third-order valence-corrected chi connectivity index (χ3v) is 4.39. The lowest BCUT2D eigenvalue weighted by Gasteiger charge is -2.23. The van der Waals surface area contributed by atoms with E-state index in [1.807, 2.05) is 13.0 Å². The molecule has 18 heavy (non-hydrogen) atoms. The van der Waals surface area contributed by atoms with Crippen molar-refractivity contribution in [2.75, 3.05) is 13.2 Å². The summed E-state index contributed by atoms with van der Waals surface area (Å²) in [7, 11) is 0. The minimum absolute atomic E-state index is 0.107. The van der Waals surface area contributed by atoms with Gasteiger partial charge in [0.15, 0.2) is 0 Å². The highest BCUT2D eigenvalue weighted by Gasteiger charge is 2.34. The first kappa shape index (κ1) is 12.5. The van der Waals surface area contributed by atoms with E-state index in [0.717, 1.165) is 35.2 Å². The molecule has 1 aromatic rings. The Balaban J connectivity index is 1.96. The monoisotopic (exact) mass is 312 g/mol. The van der Waals surface area contributed by atoms with Crippen molar-refractivity contribution in [1.29, 1.82) is 0 Å². The fraction of sp³-hybridized carbons (Fsp3) is 0.571. The van der Waals surface area contributed by atoms with Crippen LogP contribution in [0.5, 0.6) is 5.75 Å². The zero-order valence-corrected chi connectivity index (χ0v) is 11.9. The number of ether oxygens (including phenoxy) is 2. The molecular formula is C14H17BrO3. The standard InChI is InChI=1S/C14H17BrO3/c1-8-11(3-5-17-8)13(16)12-7-10(15)6-9-2-4-18-14(9)12/h6-8,11,13,16H,2-5H2,1H3. The molecule has 3 unspecified atom stereocenters. The molecule has 2 aliphatic rings. The third-order valence-electron chi connectivity index (χ3n) is 3.94. The van der Waals surface area contributed by atoms with Crippen molar-refractivity contribution in [3.8, 4) is 5.75 Å². The van der Waals surface area contributed by atoms with Crippen LogP contribution < -0.4 is 4.74 Å². The zero-order valence-electron chi connectivity index (χ0n) is 10.4. The van der Waals surface area contributed by atoms with Crippen LogP contribution in [0.4, 0.5) is 0 Å². The lowest BCUT2D eigenvalue weighted by Crippen LogP contribution is -2.20. The summed E-state index contributed by atoms with van der Waals surface area (Å²) >= 11 is 3.51. The number of benzene rings is 1. The first-order valence-corrected chi connectivity index (χ1v) is 7.21. The van der Waals surface area contributed by atoms with Crippen molar-refractivity contribution in [2.24, 2.45) is 5.92 Å². The summed E-state index contributed by atoms with van der Waals surface area (Å²) in [6, 6.07) is 4.05. The van der Waals surface area contributed by atoms with Gasteiger partial charge >= 0.3 is 0 Å². The fourth-order valence-electron chi connectivity index (χ4n) is 2.91. The van der Waals surface area contributed by atoms with Gasteiger partial charge in [-0.25, -0.2) is 0 Å². The molecule has 1 aromatic carbocycles. The van der Waals surface area contributed by atoms with E-state index in [0.29, 0.717) is 6.61 Å². The van der Waals surface area contributed by atoms with Gasteiger partial charge in [-0.05, 0) is 31.0 Å². The fourth-order valence-corrected chi connectivity index (χ4v) is 3.43. The summed E-state index contributed by atoms with van der Waals surface area (Å²) in [5, 5.41) is 10.6. The third kappa shape index (κ3) is 2.06. The van der Waals surface area contributed by atoms with Crippen LogP contribution in [0.25, 0.3) is 0 Å². The molecule has 0 spiro atoms. The lowest BCUT2D eigenvalue weighted by atomic mass is 9.89. The van der Waals surface area contributed by atoms with Gasteiger partial charge in [-0.1, -0.05) is 15.9 Å². The van der Waals surface area contributed by atoms with E-state index >= 15 is 0 Å². The average molecular weight is 313 g/mol. The molecular weight excluding hydrogens is 296 g/mol. The molecule has 2 aliphatic heterocycles. The number of aliphatic hydroxyl groups excluding tert-OH is 1. The molecule has 1 fully saturated rings. The average Bonchev–Trinajstić information content (AvgIpc) is 2.95. The minimum atomic E-state index is -0.508. The van der Waals surface area contributed by atoms with Crippen molar-refractivity contribution in [3.63, 3.8) is 0 Å². The van der Waals surface area contributed by atoms with Crippen LogP contribution in [-0.4, -0.2) is 24.4 Å². The van der Waals surface area contributed by atoms with Gasteiger partial charge in [-0.3, -0.25) is 0 Å². The van der Waals surface area contributed by atoms with E-state index in [4.69, 9.17) is 9.47 Å². The smallest absolute Gasteiger partial charge is 0.128 e. The molecule has 0 saturated carbocycles. The van der Waals surface area contributed by atoms with E-state index in [-0.39, 0.29) is 12.0 Å². The highest BCUT2D eigenvalue weighted by molar-refractivity contribution is 9.10. The number of hydrogen-bond acceptors (Lipinski definition) is 3. The first-order chi connectivity index (χ1) is 8.66. The maximum Gasteiger partial charge on any atom is 0.128 e. The molecule has 0 aromatic heterocycles. The van der Waals surface area contributed by atoms with Crippen LogP contribution in [0.1, 0.15) is 30.6 Å². The molecule has 0 amide bonds. The summed E-state index contributed by atoms with van der Waals surface area (Å²) in [5.41, 5.74) is 2.09. The predicted molar refractivity (Wildman–Crippen MR) is 71.8 cm³/mol. The molecule has 4 heteroatoms. The predicted octanol–water partition coefficient (Wildman–Crippen LogP) is 2.84. The summed E-state index contributed by atoms with van der Waals surface area (Å²) in [5.74, 6) is 1.04. The summed E-state index contributed by atoms with van der Waals surface area (Å²) in [6.45, 7) is 3.47. The molecule has 0 radical (unpaired) electrons. The number of halogens is 1. The van der Waals surface area contributed by atoms with Crippen LogP contribution in [0.3, 0.4) is 0 Å². The number of rotatable bonds is 2. The number of aliphatic hydroxyl groups is 1. The second kappa shape index (κ2) is 4.83. The number of fused-ring (bicyclic) bond motifs is 1. The highest BCUT2D eigenvalue weighted by Crippen LogP contribution is 2.42. The second-order valence-electron chi connectivity index (χ2n) is 5.06. The summed E-state index contributed by atoms with van der Waals surface area (Å²) < 4.78 is 12.2. The maximum absolute atomic E-state index is 10.6. The van der Waals surface area contributed by atoms with E-state index in [1.165, 1.54) is 5.56 Å². The second-order valence-corrected chi connectivity index (χ2v) is 5.97. The molecule has 0 bridgehead atoms. The Morgan fingerprint density at radius 3 is 2.94 bits per heavy atom. The van der Waals surface area contributed by atoms with Crippen LogP contribution in [0.15, 0.2) is 16.6 Å². The van der Waals surface area contributed by atoms with Crippen molar-refractivity contribution in [2.45, 2.75) is 32.0 Å². The summed E-state index contributed by atoms with van der Waals surface area (Å²) in [4.78, 5) is 0. The maximum atomic E-state index is 10.6. The molecule has 98 valence electrons. The molecule has 1 N–H and O–H groups in total. The Bertz CT molecular complexity index is 461. The van der Waals surface area contributed by atoms with Crippen molar-refractivity contribution in [3.05, 3.63) is 27.7 Å². The Hall–Kier alpha value is -0.580. The lowest BCUT2D eigenvalue weighted by molar-refractivity contribution is 0.0419. The van der Waals surface area contributed by atoms with Crippen molar-refractivity contribution < 1.29 is 14.6 Å². The van der Waals surface area contributed by atoms with Crippen LogP contribution in [0.2, 0.25) is 0 Å². The normalized spacial score (nSPS) is 27.9. The van der Waals surface area contributed by atoms with Crippen LogP contribution in [-0.2, 0) is 11.2 Å². The van der Waals surface area contributed by atoms with Gasteiger partial charge in [0, 0.05) is 29.0 Å². The van der Waals surface area contributed by atoms with Crippen LogP contribution >= 0.6 is 15.9 Å². The van der Waals surface area contributed by atoms with Gasteiger partial charge in [-0.15, -0.1) is 0 Å². The van der Waals surface area contributed by atoms with Crippen molar-refractivity contribution in [1.82, 2.24) is 0 Å². The highest BCUT2D eigenvalue weighted by atomic mass is 79.9. The Morgan fingerprint density at radius 2 is 2.22 bits per heavy atom. The van der Waals surface area contributed by atoms with Gasteiger partial charge in [0.1, 0.15) is 5.75 Å². The molecule has 3 nitrogen and oxygen atoms in total. The largest absolute Gasteiger partial charge is 0.493 e. The van der Waals surface area contributed by atoms with Crippen molar-refractivity contribution >= 4 is 15.9 Å². The van der Waals surface area contributed by atoms with E-state index in [2.05, 4.69) is 22.0 Å². The summed E-state index contributed by atoms with van der Waals surface area (Å²) in [6.07, 6.45) is 1.43. The molecule has 1 saturated heterocycles. The minimum Gasteiger partial charge on any atom is -0.493 e. The van der Waals surface area contributed by atoms with Gasteiger partial charge in [0.25, 0.3) is 0 Å². The Morgan fingerprint density at radius 1 is 1.39 bits per heavy atom. The zero-order chi connectivity index (χ0) is 12.7. The topological polar surface area (TPSA) is 38.7 Å². The Kier molecular flexibility index (Phi) is 3.34. The molecule has 0 aliphatic carbocycles. The number of hydrogen-bond donors (Lipinski definition) is 1. The van der Waals surface area contributed by atoms with E-state index < -0.39 is 6.10 Å². The first-order valence-electron chi connectivity index (χ1n) is 6.41. The molecule has 3 rings (SSSR count). The quantitative estimate of drug-likeness (QED) is 0.912. The van der Waals surface area contributed by atoms with E-state index in [9.17, 15) is 5.11 Å². The SMILES string of the molecule is CC1OCCC1C(O)c1cc(Br)cc2c1OCC2. The van der Waals surface area contributed by atoms with Gasteiger partial charge < -0.3 is 14.6 Å². The van der Waals surface area contributed by atoms with Gasteiger partial charge in [0.2, 0.25) is 0 Å². The van der Waals surface area contributed by atoms with Gasteiger partial charge in [0.05, 0.1) is 18.8 Å². The molecule has 2 heterocycles.